The summed E-state index contributed by atoms with van der Waals surface area (Å²) in [6, 6.07) is 5.25. The monoisotopic (exact) mass is 239 g/mol. The van der Waals surface area contributed by atoms with Crippen LogP contribution in [0.5, 0.6) is 0 Å². The lowest BCUT2D eigenvalue weighted by molar-refractivity contribution is 0.141. The summed E-state index contributed by atoms with van der Waals surface area (Å²) in [6.07, 6.45) is 2.01. The highest BCUT2D eigenvalue weighted by Gasteiger charge is 2.11. The fraction of sp³-hybridized carbons (Fsp3) is 0.571. The zero-order chi connectivity index (χ0) is 12.7. The molecule has 0 radical (unpaired) electrons. The molecule has 1 aromatic carbocycles. The van der Waals surface area contributed by atoms with Gasteiger partial charge in [-0.05, 0) is 57.0 Å². The number of halogens is 1. The molecule has 0 spiro atoms. The van der Waals surface area contributed by atoms with Crippen molar-refractivity contribution in [1.29, 1.82) is 0 Å². The van der Waals surface area contributed by atoms with Gasteiger partial charge in [0, 0.05) is 19.3 Å². The molecule has 0 amide bonds. The van der Waals surface area contributed by atoms with E-state index in [1.165, 1.54) is 11.6 Å². The number of rotatable bonds is 7. The minimum absolute atomic E-state index is 0.171. The molecule has 0 aliphatic rings. The summed E-state index contributed by atoms with van der Waals surface area (Å²) < 4.78 is 18.4. The molecule has 0 aromatic heterocycles. The van der Waals surface area contributed by atoms with E-state index in [-0.39, 0.29) is 11.9 Å². The molecule has 0 bridgehead atoms. The van der Waals surface area contributed by atoms with Gasteiger partial charge in [-0.25, -0.2) is 4.39 Å². The Bertz CT molecular complexity index is 341. The van der Waals surface area contributed by atoms with Crippen LogP contribution >= 0.6 is 0 Å². The molecule has 1 N–H and O–H groups in total. The molecule has 3 heteroatoms. The van der Waals surface area contributed by atoms with E-state index in [1.54, 1.807) is 6.07 Å². The second-order valence-electron chi connectivity index (χ2n) is 4.18. The van der Waals surface area contributed by atoms with Gasteiger partial charge >= 0.3 is 0 Å². The summed E-state index contributed by atoms with van der Waals surface area (Å²) in [6.45, 7) is 5.50. The van der Waals surface area contributed by atoms with Crippen LogP contribution in [0, 0.1) is 12.7 Å². The second kappa shape index (κ2) is 7.41. The molecule has 96 valence electrons. The first kappa shape index (κ1) is 14.1. The Morgan fingerprint density at radius 2 is 2.18 bits per heavy atom. The zero-order valence-electron chi connectivity index (χ0n) is 10.9. The third kappa shape index (κ3) is 4.44. The molecule has 0 aliphatic heterocycles. The van der Waals surface area contributed by atoms with Crippen molar-refractivity contribution in [2.45, 2.75) is 32.7 Å². The third-order valence-corrected chi connectivity index (χ3v) is 2.94. The molecule has 0 saturated carbocycles. The van der Waals surface area contributed by atoms with Gasteiger partial charge in [0.05, 0.1) is 0 Å². The molecule has 0 saturated heterocycles. The van der Waals surface area contributed by atoms with Crippen molar-refractivity contribution in [3.05, 3.63) is 35.1 Å². The van der Waals surface area contributed by atoms with Gasteiger partial charge in [-0.1, -0.05) is 6.07 Å². The van der Waals surface area contributed by atoms with Crippen molar-refractivity contribution in [3.8, 4) is 0 Å². The maximum Gasteiger partial charge on any atom is 0.123 e. The Kier molecular flexibility index (Phi) is 6.16. The first-order valence-corrected chi connectivity index (χ1v) is 6.20. The van der Waals surface area contributed by atoms with Gasteiger partial charge < -0.3 is 10.1 Å². The SMILES string of the molecule is CCOCCCC(NC)c1ccc(F)cc1C. The molecule has 1 aromatic rings. The number of ether oxygens (including phenoxy) is 1. The highest BCUT2D eigenvalue weighted by molar-refractivity contribution is 5.29. The summed E-state index contributed by atoms with van der Waals surface area (Å²) in [5.41, 5.74) is 2.17. The normalized spacial score (nSPS) is 12.7. The van der Waals surface area contributed by atoms with Crippen molar-refractivity contribution in [2.24, 2.45) is 0 Å². The fourth-order valence-corrected chi connectivity index (χ4v) is 2.02. The lowest BCUT2D eigenvalue weighted by Gasteiger charge is -2.18. The predicted octanol–water partition coefficient (Wildman–Crippen LogP) is 3.21. The number of nitrogens with one attached hydrogen (secondary N) is 1. The molecule has 2 nitrogen and oxygen atoms in total. The van der Waals surface area contributed by atoms with Crippen LogP contribution in [0.3, 0.4) is 0 Å². The van der Waals surface area contributed by atoms with Crippen molar-refractivity contribution >= 4 is 0 Å². The summed E-state index contributed by atoms with van der Waals surface area (Å²) in [5, 5.41) is 3.28. The minimum atomic E-state index is -0.171. The van der Waals surface area contributed by atoms with E-state index in [9.17, 15) is 4.39 Å². The molecular formula is C14H22FNO. The van der Waals surface area contributed by atoms with Crippen LogP contribution in [0.25, 0.3) is 0 Å². The summed E-state index contributed by atoms with van der Waals surface area (Å²) in [7, 11) is 1.94. The van der Waals surface area contributed by atoms with E-state index in [0.717, 1.165) is 31.6 Å². The van der Waals surface area contributed by atoms with Gasteiger partial charge in [-0.2, -0.15) is 0 Å². The largest absolute Gasteiger partial charge is 0.382 e. The highest BCUT2D eigenvalue weighted by Crippen LogP contribution is 2.22. The number of aryl methyl sites for hydroxylation is 1. The molecular weight excluding hydrogens is 217 g/mol. The molecule has 0 heterocycles. The summed E-state index contributed by atoms with van der Waals surface area (Å²) in [4.78, 5) is 0. The van der Waals surface area contributed by atoms with Gasteiger partial charge in [0.15, 0.2) is 0 Å². The maximum absolute atomic E-state index is 13.0. The molecule has 1 rings (SSSR count). The van der Waals surface area contributed by atoms with Gasteiger partial charge in [-0.15, -0.1) is 0 Å². The predicted molar refractivity (Wildman–Crippen MR) is 68.7 cm³/mol. The lowest BCUT2D eigenvalue weighted by atomic mass is 9.97. The molecule has 1 atom stereocenters. The number of benzene rings is 1. The number of hydrogen-bond donors (Lipinski definition) is 1. The zero-order valence-corrected chi connectivity index (χ0v) is 10.9. The second-order valence-corrected chi connectivity index (χ2v) is 4.18. The summed E-state index contributed by atoms with van der Waals surface area (Å²) in [5.74, 6) is -0.171. The van der Waals surface area contributed by atoms with Crippen molar-refractivity contribution in [3.63, 3.8) is 0 Å². The quantitative estimate of drug-likeness (QED) is 0.738. The maximum atomic E-state index is 13.0. The van der Waals surface area contributed by atoms with Gasteiger partial charge in [-0.3, -0.25) is 0 Å². The lowest BCUT2D eigenvalue weighted by Crippen LogP contribution is -2.18. The van der Waals surface area contributed by atoms with E-state index in [1.807, 2.05) is 27.0 Å². The first-order chi connectivity index (χ1) is 8.19. The van der Waals surface area contributed by atoms with E-state index in [2.05, 4.69) is 5.32 Å². The van der Waals surface area contributed by atoms with Crippen LogP contribution in [0.1, 0.15) is 36.9 Å². The van der Waals surface area contributed by atoms with E-state index >= 15 is 0 Å². The minimum Gasteiger partial charge on any atom is -0.382 e. The topological polar surface area (TPSA) is 21.3 Å². The Balaban J connectivity index is 2.59. The van der Waals surface area contributed by atoms with Crippen molar-refractivity contribution in [1.82, 2.24) is 5.32 Å². The molecule has 0 aliphatic carbocycles. The van der Waals surface area contributed by atoms with E-state index < -0.39 is 0 Å². The summed E-state index contributed by atoms with van der Waals surface area (Å²) >= 11 is 0. The standard InChI is InChI=1S/C14H22FNO/c1-4-17-9-5-6-14(16-3)13-8-7-12(15)10-11(13)2/h7-8,10,14,16H,4-6,9H2,1-3H3. The van der Waals surface area contributed by atoms with Crippen LogP contribution in [-0.4, -0.2) is 20.3 Å². The number of hydrogen-bond acceptors (Lipinski definition) is 2. The van der Waals surface area contributed by atoms with Crippen molar-refractivity contribution < 1.29 is 9.13 Å². The molecule has 0 fully saturated rings. The van der Waals surface area contributed by atoms with Crippen LogP contribution in [-0.2, 0) is 4.74 Å². The molecule has 17 heavy (non-hydrogen) atoms. The van der Waals surface area contributed by atoms with Crippen LogP contribution in [0.15, 0.2) is 18.2 Å². The average molecular weight is 239 g/mol. The van der Waals surface area contributed by atoms with E-state index in [4.69, 9.17) is 4.74 Å². The Labute approximate surface area is 103 Å². The van der Waals surface area contributed by atoms with E-state index in [0.29, 0.717) is 0 Å². The Hall–Kier alpha value is -0.930. The van der Waals surface area contributed by atoms with Gasteiger partial charge in [0.2, 0.25) is 0 Å². The fourth-order valence-electron chi connectivity index (χ4n) is 2.02. The average Bonchev–Trinajstić information content (AvgIpc) is 2.31. The highest BCUT2D eigenvalue weighted by atomic mass is 19.1. The van der Waals surface area contributed by atoms with Gasteiger partial charge in [0.1, 0.15) is 5.82 Å². The molecule has 1 unspecified atom stereocenters. The van der Waals surface area contributed by atoms with Crippen LogP contribution in [0.2, 0.25) is 0 Å². The Morgan fingerprint density at radius 1 is 1.41 bits per heavy atom. The van der Waals surface area contributed by atoms with Gasteiger partial charge in [0.25, 0.3) is 0 Å². The van der Waals surface area contributed by atoms with Crippen LogP contribution in [0.4, 0.5) is 4.39 Å². The van der Waals surface area contributed by atoms with Crippen LogP contribution < -0.4 is 5.32 Å². The third-order valence-electron chi connectivity index (χ3n) is 2.94. The smallest absolute Gasteiger partial charge is 0.123 e. The first-order valence-electron chi connectivity index (χ1n) is 6.20. The Morgan fingerprint density at radius 3 is 2.76 bits per heavy atom. The van der Waals surface area contributed by atoms with Crippen molar-refractivity contribution in [2.75, 3.05) is 20.3 Å².